The first-order valence-corrected chi connectivity index (χ1v) is 7.26. The van der Waals surface area contributed by atoms with Crippen LogP contribution in [0.1, 0.15) is 37.6 Å². The van der Waals surface area contributed by atoms with Crippen LogP contribution < -0.4 is 4.90 Å². The van der Waals surface area contributed by atoms with Crippen LogP contribution in [-0.2, 0) is 6.42 Å². The van der Waals surface area contributed by atoms with E-state index < -0.39 is 0 Å². The standard InChI is InChI=1S/C12H19N3S/c1-2-4-11-13-14-12(16-11)15-7-9-5-3-6-10(9)8-15/h9-10H,2-8H2,1H3. The van der Waals surface area contributed by atoms with Crippen LogP contribution in [-0.4, -0.2) is 23.3 Å². The molecule has 1 aromatic rings. The SMILES string of the molecule is CCCc1nnc(N2CC3CCCC3C2)s1. The molecule has 1 saturated heterocycles. The fraction of sp³-hybridized carbons (Fsp3) is 0.833. The van der Waals surface area contributed by atoms with Crippen molar-refractivity contribution in [3.8, 4) is 0 Å². The smallest absolute Gasteiger partial charge is 0.208 e. The van der Waals surface area contributed by atoms with E-state index in [0.717, 1.165) is 23.4 Å². The number of fused-ring (bicyclic) bond motifs is 1. The van der Waals surface area contributed by atoms with Crippen molar-refractivity contribution in [2.45, 2.75) is 39.0 Å². The maximum atomic E-state index is 4.34. The van der Waals surface area contributed by atoms with Gasteiger partial charge in [0.1, 0.15) is 5.01 Å². The summed E-state index contributed by atoms with van der Waals surface area (Å²) in [7, 11) is 0. The molecule has 16 heavy (non-hydrogen) atoms. The van der Waals surface area contributed by atoms with Crippen LogP contribution in [0.4, 0.5) is 5.13 Å². The fourth-order valence-electron chi connectivity index (χ4n) is 3.08. The van der Waals surface area contributed by atoms with Gasteiger partial charge < -0.3 is 4.90 Å². The monoisotopic (exact) mass is 237 g/mol. The summed E-state index contributed by atoms with van der Waals surface area (Å²) in [5, 5.41) is 11.0. The molecule has 0 aromatic carbocycles. The van der Waals surface area contributed by atoms with Gasteiger partial charge in [0.2, 0.25) is 5.13 Å². The van der Waals surface area contributed by atoms with Crippen LogP contribution in [0.3, 0.4) is 0 Å². The molecule has 88 valence electrons. The van der Waals surface area contributed by atoms with Gasteiger partial charge in [-0.05, 0) is 31.1 Å². The summed E-state index contributed by atoms with van der Waals surface area (Å²) in [5.41, 5.74) is 0. The van der Waals surface area contributed by atoms with Gasteiger partial charge in [0.25, 0.3) is 0 Å². The predicted octanol–water partition coefficient (Wildman–Crippen LogP) is 2.73. The summed E-state index contributed by atoms with van der Waals surface area (Å²) in [6.07, 6.45) is 6.56. The molecule has 2 aliphatic rings. The van der Waals surface area contributed by atoms with E-state index in [4.69, 9.17) is 0 Å². The molecule has 1 saturated carbocycles. The van der Waals surface area contributed by atoms with Crippen molar-refractivity contribution in [3.63, 3.8) is 0 Å². The van der Waals surface area contributed by atoms with Crippen LogP contribution in [0, 0.1) is 11.8 Å². The Morgan fingerprint density at radius 3 is 2.69 bits per heavy atom. The van der Waals surface area contributed by atoms with Crippen LogP contribution >= 0.6 is 11.3 Å². The molecule has 2 unspecified atom stereocenters. The van der Waals surface area contributed by atoms with Gasteiger partial charge in [0, 0.05) is 19.5 Å². The lowest BCUT2D eigenvalue weighted by atomic mass is 10.0. The highest BCUT2D eigenvalue weighted by Crippen LogP contribution is 2.40. The van der Waals surface area contributed by atoms with E-state index in [9.17, 15) is 0 Å². The third kappa shape index (κ3) is 1.83. The van der Waals surface area contributed by atoms with Gasteiger partial charge in [-0.2, -0.15) is 0 Å². The second kappa shape index (κ2) is 4.32. The number of anilines is 1. The summed E-state index contributed by atoms with van der Waals surface area (Å²) in [5.74, 6) is 1.89. The summed E-state index contributed by atoms with van der Waals surface area (Å²) in [6, 6.07) is 0. The molecule has 4 heteroatoms. The molecule has 2 heterocycles. The molecule has 0 bridgehead atoms. The average Bonchev–Trinajstić information content (AvgIpc) is 2.88. The Kier molecular flexibility index (Phi) is 2.84. The Labute approximate surface area is 101 Å². The van der Waals surface area contributed by atoms with Gasteiger partial charge in [0.15, 0.2) is 0 Å². The summed E-state index contributed by atoms with van der Waals surface area (Å²) in [6.45, 7) is 4.65. The summed E-state index contributed by atoms with van der Waals surface area (Å²) < 4.78 is 0. The van der Waals surface area contributed by atoms with Gasteiger partial charge in [-0.3, -0.25) is 0 Å². The van der Waals surface area contributed by atoms with Gasteiger partial charge in [-0.1, -0.05) is 24.7 Å². The maximum absolute atomic E-state index is 4.34. The molecular weight excluding hydrogens is 218 g/mol. The third-order valence-corrected chi connectivity index (χ3v) is 4.96. The van der Waals surface area contributed by atoms with E-state index in [1.54, 1.807) is 11.3 Å². The zero-order valence-electron chi connectivity index (χ0n) is 9.85. The zero-order valence-corrected chi connectivity index (χ0v) is 10.7. The number of aryl methyl sites for hydroxylation is 1. The highest BCUT2D eigenvalue weighted by Gasteiger charge is 2.37. The van der Waals surface area contributed by atoms with Crippen molar-refractivity contribution < 1.29 is 0 Å². The molecule has 0 spiro atoms. The maximum Gasteiger partial charge on any atom is 0.208 e. The summed E-state index contributed by atoms with van der Waals surface area (Å²) in [4.78, 5) is 2.46. The van der Waals surface area contributed by atoms with Crippen LogP contribution in [0.15, 0.2) is 0 Å². The molecule has 0 radical (unpaired) electrons. The second-order valence-electron chi connectivity index (χ2n) is 5.08. The van der Waals surface area contributed by atoms with E-state index in [-0.39, 0.29) is 0 Å². The first-order valence-electron chi connectivity index (χ1n) is 6.44. The summed E-state index contributed by atoms with van der Waals surface area (Å²) >= 11 is 1.80. The van der Waals surface area contributed by atoms with Gasteiger partial charge >= 0.3 is 0 Å². The van der Waals surface area contributed by atoms with E-state index >= 15 is 0 Å². The number of hydrogen-bond acceptors (Lipinski definition) is 4. The lowest BCUT2D eigenvalue weighted by molar-refractivity contribution is 0.494. The molecule has 0 N–H and O–H groups in total. The Bertz CT molecular complexity index is 351. The Morgan fingerprint density at radius 2 is 2.00 bits per heavy atom. The average molecular weight is 237 g/mol. The molecule has 1 aliphatic carbocycles. The fourth-order valence-corrected chi connectivity index (χ4v) is 4.04. The third-order valence-electron chi connectivity index (χ3n) is 3.92. The van der Waals surface area contributed by atoms with Gasteiger partial charge in [-0.25, -0.2) is 0 Å². The predicted molar refractivity (Wildman–Crippen MR) is 66.9 cm³/mol. The minimum atomic E-state index is 0.943. The second-order valence-corrected chi connectivity index (χ2v) is 6.12. The van der Waals surface area contributed by atoms with Gasteiger partial charge in [0.05, 0.1) is 0 Å². The Hall–Kier alpha value is -0.640. The quantitative estimate of drug-likeness (QED) is 0.809. The lowest BCUT2D eigenvalue weighted by Gasteiger charge is -2.14. The lowest BCUT2D eigenvalue weighted by Crippen LogP contribution is -2.20. The van der Waals surface area contributed by atoms with Crippen LogP contribution in [0.2, 0.25) is 0 Å². The van der Waals surface area contributed by atoms with Crippen molar-refractivity contribution in [1.82, 2.24) is 10.2 Å². The highest BCUT2D eigenvalue weighted by atomic mass is 32.1. The van der Waals surface area contributed by atoms with E-state index in [0.29, 0.717) is 0 Å². The van der Waals surface area contributed by atoms with Crippen molar-refractivity contribution in [1.29, 1.82) is 0 Å². The van der Waals surface area contributed by atoms with Gasteiger partial charge in [-0.15, -0.1) is 10.2 Å². The van der Waals surface area contributed by atoms with E-state index in [1.807, 2.05) is 0 Å². The molecule has 3 rings (SSSR count). The number of nitrogens with zero attached hydrogens (tertiary/aromatic N) is 3. The molecular formula is C12H19N3S. The molecule has 3 nitrogen and oxygen atoms in total. The first kappa shape index (κ1) is 10.5. The molecule has 2 atom stereocenters. The van der Waals surface area contributed by atoms with E-state index in [1.165, 1.54) is 43.8 Å². The number of aromatic nitrogens is 2. The normalized spacial score (nSPS) is 28.7. The molecule has 0 amide bonds. The first-order chi connectivity index (χ1) is 7.86. The van der Waals surface area contributed by atoms with Crippen molar-refractivity contribution in [2.24, 2.45) is 11.8 Å². The van der Waals surface area contributed by atoms with Crippen LogP contribution in [0.25, 0.3) is 0 Å². The van der Waals surface area contributed by atoms with Crippen LogP contribution in [0.5, 0.6) is 0 Å². The highest BCUT2D eigenvalue weighted by molar-refractivity contribution is 7.15. The number of hydrogen-bond donors (Lipinski definition) is 0. The Balaban J connectivity index is 1.68. The topological polar surface area (TPSA) is 29.0 Å². The van der Waals surface area contributed by atoms with Crippen molar-refractivity contribution in [2.75, 3.05) is 18.0 Å². The largest absolute Gasteiger partial charge is 0.346 e. The zero-order chi connectivity index (χ0) is 11.0. The molecule has 2 fully saturated rings. The Morgan fingerprint density at radius 1 is 1.25 bits per heavy atom. The van der Waals surface area contributed by atoms with Crippen molar-refractivity contribution >= 4 is 16.5 Å². The molecule has 1 aliphatic heterocycles. The van der Waals surface area contributed by atoms with Crippen molar-refractivity contribution in [3.05, 3.63) is 5.01 Å². The van der Waals surface area contributed by atoms with E-state index in [2.05, 4.69) is 22.0 Å². The minimum absolute atomic E-state index is 0.943. The minimum Gasteiger partial charge on any atom is -0.346 e. The number of rotatable bonds is 3. The molecule has 1 aromatic heterocycles.